The third kappa shape index (κ3) is 5.05. The summed E-state index contributed by atoms with van der Waals surface area (Å²) in [6.07, 6.45) is 4.55. The summed E-state index contributed by atoms with van der Waals surface area (Å²) in [5.41, 5.74) is 1.70. The van der Waals surface area contributed by atoms with Crippen LogP contribution in [0.4, 0.5) is 11.4 Å². The molecule has 0 radical (unpaired) electrons. The summed E-state index contributed by atoms with van der Waals surface area (Å²) in [6, 6.07) is 5.30. The van der Waals surface area contributed by atoms with Gasteiger partial charge in [0.05, 0.1) is 35.6 Å². The predicted molar refractivity (Wildman–Crippen MR) is 121 cm³/mol. The first-order valence-electron chi connectivity index (χ1n) is 10.7. The maximum atomic E-state index is 13.1. The van der Waals surface area contributed by atoms with Gasteiger partial charge in [0, 0.05) is 39.3 Å². The van der Waals surface area contributed by atoms with Gasteiger partial charge in [0.25, 0.3) is 0 Å². The van der Waals surface area contributed by atoms with E-state index in [0.29, 0.717) is 38.0 Å². The average Bonchev–Trinajstić information content (AvgIpc) is 3.47. The molecule has 0 unspecified atom stereocenters. The highest BCUT2D eigenvalue weighted by atomic mass is 32.2. The van der Waals surface area contributed by atoms with E-state index in [-0.39, 0.29) is 11.0 Å². The molecular weight excluding hydrogens is 424 g/mol. The van der Waals surface area contributed by atoms with Crippen LogP contribution in [0.1, 0.15) is 25.7 Å². The Hall–Kier alpha value is -1.46. The highest BCUT2D eigenvalue weighted by Gasteiger charge is 2.28. The molecule has 10 heteroatoms. The number of ether oxygens (including phenoxy) is 2. The molecule has 3 heterocycles. The topological polar surface area (TPSA) is 83.1 Å². The molecule has 0 amide bonds. The van der Waals surface area contributed by atoms with E-state index < -0.39 is 10.0 Å². The molecule has 3 fully saturated rings. The third-order valence-corrected chi connectivity index (χ3v) is 7.93. The minimum Gasteiger partial charge on any atom is -0.379 e. The van der Waals surface area contributed by atoms with Gasteiger partial charge in [0.2, 0.25) is 10.0 Å². The van der Waals surface area contributed by atoms with Crippen LogP contribution < -0.4 is 15.5 Å². The first-order valence-corrected chi connectivity index (χ1v) is 12.5. The summed E-state index contributed by atoms with van der Waals surface area (Å²) in [6.45, 7) is 4.96. The van der Waals surface area contributed by atoms with Crippen molar-refractivity contribution in [2.75, 3.05) is 62.8 Å². The molecule has 3 aliphatic heterocycles. The number of nitrogens with one attached hydrogen (secondary N) is 2. The number of benzene rings is 1. The molecule has 4 rings (SSSR count). The normalized spacial score (nSPS) is 22.9. The van der Waals surface area contributed by atoms with Gasteiger partial charge in [-0.05, 0) is 56.1 Å². The van der Waals surface area contributed by atoms with E-state index in [9.17, 15) is 8.42 Å². The molecule has 3 aliphatic rings. The van der Waals surface area contributed by atoms with Gasteiger partial charge in [-0.2, -0.15) is 4.31 Å². The summed E-state index contributed by atoms with van der Waals surface area (Å²) in [7, 11) is -3.57. The molecule has 3 saturated heterocycles. The Morgan fingerprint density at radius 3 is 2.57 bits per heavy atom. The van der Waals surface area contributed by atoms with Crippen LogP contribution in [0.25, 0.3) is 0 Å². The van der Waals surface area contributed by atoms with Crippen molar-refractivity contribution in [3.8, 4) is 0 Å². The maximum Gasteiger partial charge on any atom is 0.243 e. The van der Waals surface area contributed by atoms with Crippen LogP contribution in [-0.4, -0.2) is 76.5 Å². The fourth-order valence-electron chi connectivity index (χ4n) is 4.12. The van der Waals surface area contributed by atoms with Gasteiger partial charge in [0.15, 0.2) is 5.11 Å². The molecule has 166 valence electrons. The number of thiocarbonyl (C=S) groups is 1. The van der Waals surface area contributed by atoms with E-state index in [1.165, 1.54) is 4.31 Å². The van der Waals surface area contributed by atoms with E-state index in [4.69, 9.17) is 21.7 Å². The smallest absolute Gasteiger partial charge is 0.243 e. The Labute approximate surface area is 183 Å². The Bertz CT molecular complexity index is 846. The molecular formula is C20H30N4O4S2. The SMILES string of the molecule is O=S(=O)(c1ccc(N2CCCC2)c(NC(=S)NC[C@@H]2CCCO2)c1)N1CCOCC1. The molecule has 0 spiro atoms. The summed E-state index contributed by atoms with van der Waals surface area (Å²) in [4.78, 5) is 2.55. The van der Waals surface area contributed by atoms with E-state index >= 15 is 0 Å². The van der Waals surface area contributed by atoms with Gasteiger partial charge < -0.3 is 25.0 Å². The van der Waals surface area contributed by atoms with Gasteiger partial charge in [-0.3, -0.25) is 0 Å². The van der Waals surface area contributed by atoms with Gasteiger partial charge in [-0.15, -0.1) is 0 Å². The second kappa shape index (κ2) is 9.78. The van der Waals surface area contributed by atoms with Crippen molar-refractivity contribution in [2.24, 2.45) is 0 Å². The van der Waals surface area contributed by atoms with Gasteiger partial charge in [0.1, 0.15) is 0 Å². The predicted octanol–water partition coefficient (Wildman–Crippen LogP) is 1.77. The molecule has 0 bridgehead atoms. The number of hydrogen-bond acceptors (Lipinski definition) is 6. The zero-order valence-electron chi connectivity index (χ0n) is 17.1. The van der Waals surface area contributed by atoms with Gasteiger partial charge in [-0.1, -0.05) is 0 Å². The molecule has 0 aromatic heterocycles. The Balaban J connectivity index is 1.53. The molecule has 1 atom stereocenters. The largest absolute Gasteiger partial charge is 0.379 e. The lowest BCUT2D eigenvalue weighted by Crippen LogP contribution is -2.40. The summed E-state index contributed by atoms with van der Waals surface area (Å²) in [5, 5.41) is 6.93. The van der Waals surface area contributed by atoms with Gasteiger partial charge >= 0.3 is 0 Å². The zero-order chi connectivity index (χ0) is 21.0. The van der Waals surface area contributed by atoms with Crippen molar-refractivity contribution >= 4 is 38.7 Å². The van der Waals surface area contributed by atoms with Crippen LogP contribution >= 0.6 is 12.2 Å². The van der Waals surface area contributed by atoms with E-state index in [0.717, 1.165) is 56.8 Å². The third-order valence-electron chi connectivity index (χ3n) is 5.79. The number of sulfonamides is 1. The lowest BCUT2D eigenvalue weighted by Gasteiger charge is -2.27. The van der Waals surface area contributed by atoms with Crippen molar-refractivity contribution in [3.63, 3.8) is 0 Å². The molecule has 2 N–H and O–H groups in total. The number of hydrogen-bond donors (Lipinski definition) is 2. The highest BCUT2D eigenvalue weighted by Crippen LogP contribution is 2.32. The first-order chi connectivity index (χ1) is 14.5. The van der Waals surface area contributed by atoms with E-state index in [1.54, 1.807) is 12.1 Å². The highest BCUT2D eigenvalue weighted by molar-refractivity contribution is 7.89. The molecule has 0 aliphatic carbocycles. The van der Waals surface area contributed by atoms with Crippen molar-refractivity contribution in [1.82, 2.24) is 9.62 Å². The van der Waals surface area contributed by atoms with E-state index in [1.807, 2.05) is 6.07 Å². The van der Waals surface area contributed by atoms with Crippen molar-refractivity contribution in [3.05, 3.63) is 18.2 Å². The Morgan fingerprint density at radius 1 is 1.10 bits per heavy atom. The zero-order valence-corrected chi connectivity index (χ0v) is 18.8. The average molecular weight is 455 g/mol. The lowest BCUT2D eigenvalue weighted by atomic mass is 10.2. The van der Waals surface area contributed by atoms with Crippen LogP contribution in [-0.2, 0) is 19.5 Å². The maximum absolute atomic E-state index is 13.1. The van der Waals surface area contributed by atoms with E-state index in [2.05, 4.69) is 15.5 Å². The Kier molecular flexibility index (Phi) is 7.09. The summed E-state index contributed by atoms with van der Waals surface area (Å²) >= 11 is 5.49. The van der Waals surface area contributed by atoms with Crippen LogP contribution in [0.2, 0.25) is 0 Å². The number of anilines is 2. The van der Waals surface area contributed by atoms with Crippen LogP contribution in [0.3, 0.4) is 0 Å². The Morgan fingerprint density at radius 2 is 1.87 bits per heavy atom. The standard InChI is InChI=1S/C20H30N4O4S2/c25-30(26,24-9-12-27-13-10-24)17-5-6-19(23-7-1-2-8-23)18(14-17)22-20(29)21-15-16-4-3-11-28-16/h5-6,14,16H,1-4,7-13,15H2,(H2,21,22,29)/t16-/m0/s1. The van der Waals surface area contributed by atoms with Crippen molar-refractivity contribution in [1.29, 1.82) is 0 Å². The second-order valence-electron chi connectivity index (χ2n) is 7.86. The van der Waals surface area contributed by atoms with Gasteiger partial charge in [-0.25, -0.2) is 8.42 Å². The summed E-state index contributed by atoms with van der Waals surface area (Å²) < 4.78 is 38.7. The van der Waals surface area contributed by atoms with Crippen LogP contribution in [0, 0.1) is 0 Å². The second-order valence-corrected chi connectivity index (χ2v) is 10.2. The minimum atomic E-state index is -3.57. The lowest BCUT2D eigenvalue weighted by molar-refractivity contribution is 0.0730. The van der Waals surface area contributed by atoms with Crippen LogP contribution in [0.5, 0.6) is 0 Å². The number of rotatable bonds is 6. The quantitative estimate of drug-likeness (QED) is 0.630. The fraction of sp³-hybridized carbons (Fsp3) is 0.650. The molecule has 1 aromatic carbocycles. The summed E-state index contributed by atoms with van der Waals surface area (Å²) in [5.74, 6) is 0. The van der Waals surface area contributed by atoms with Crippen molar-refractivity contribution in [2.45, 2.75) is 36.7 Å². The molecule has 8 nitrogen and oxygen atoms in total. The van der Waals surface area contributed by atoms with Crippen molar-refractivity contribution < 1.29 is 17.9 Å². The molecule has 30 heavy (non-hydrogen) atoms. The molecule has 0 saturated carbocycles. The monoisotopic (exact) mass is 454 g/mol. The first kappa shape index (κ1) is 21.8. The fourth-order valence-corrected chi connectivity index (χ4v) is 5.75. The number of morpholine rings is 1. The van der Waals surface area contributed by atoms with Crippen LogP contribution in [0.15, 0.2) is 23.1 Å². The number of nitrogens with zero attached hydrogens (tertiary/aromatic N) is 2. The molecule has 1 aromatic rings. The minimum absolute atomic E-state index is 0.177.